The van der Waals surface area contributed by atoms with Crippen molar-refractivity contribution in [2.24, 2.45) is 0 Å². The Balaban J connectivity index is 1.55. The molecular formula is C26H33N3O2. The van der Waals surface area contributed by atoms with E-state index in [1.165, 1.54) is 19.3 Å². The zero-order valence-corrected chi connectivity index (χ0v) is 18.9. The molecule has 31 heavy (non-hydrogen) atoms. The number of benzene rings is 2. The minimum Gasteiger partial charge on any atom is -0.352 e. The van der Waals surface area contributed by atoms with Crippen LogP contribution < -0.4 is 5.32 Å². The quantitative estimate of drug-likeness (QED) is 0.768. The first-order chi connectivity index (χ1) is 14.9. The van der Waals surface area contributed by atoms with Crippen LogP contribution in [0.5, 0.6) is 0 Å². The fourth-order valence-electron chi connectivity index (χ4n) is 4.72. The summed E-state index contributed by atoms with van der Waals surface area (Å²) < 4.78 is 0. The topological polar surface area (TPSA) is 52.7 Å². The highest BCUT2D eigenvalue weighted by Crippen LogP contribution is 2.32. The van der Waals surface area contributed by atoms with Gasteiger partial charge in [-0.15, -0.1) is 0 Å². The molecule has 5 heteroatoms. The molecule has 2 aliphatic rings. The lowest BCUT2D eigenvalue weighted by Gasteiger charge is -2.41. The van der Waals surface area contributed by atoms with E-state index in [1.54, 1.807) is 4.90 Å². The van der Waals surface area contributed by atoms with Crippen LogP contribution in [0.1, 0.15) is 66.2 Å². The number of hydrogen-bond donors (Lipinski definition) is 1. The van der Waals surface area contributed by atoms with E-state index in [0.717, 1.165) is 29.8 Å². The lowest BCUT2D eigenvalue weighted by Crippen LogP contribution is -2.54. The first kappa shape index (κ1) is 21.6. The molecule has 2 heterocycles. The van der Waals surface area contributed by atoms with Crippen molar-refractivity contribution in [2.45, 2.75) is 58.2 Å². The fourth-order valence-corrected chi connectivity index (χ4v) is 4.72. The van der Waals surface area contributed by atoms with Gasteiger partial charge in [-0.25, -0.2) is 0 Å². The van der Waals surface area contributed by atoms with E-state index >= 15 is 0 Å². The standard InChI is InChI=1S/C26H33N3O2/c1-19-11-13-20(14-12-19)23(29-17-21-9-5-6-10-22(21)25(29)31)24(30)27-18-26(2,3)28-15-7-4-8-16-28/h5-6,9-14,23H,4,7-8,15-18H2,1-3H3,(H,27,30). The maximum absolute atomic E-state index is 13.5. The van der Waals surface area contributed by atoms with Crippen LogP contribution >= 0.6 is 0 Å². The van der Waals surface area contributed by atoms with Gasteiger partial charge in [-0.1, -0.05) is 54.4 Å². The van der Waals surface area contributed by atoms with Crippen molar-refractivity contribution < 1.29 is 9.59 Å². The zero-order valence-electron chi connectivity index (χ0n) is 18.9. The second kappa shape index (κ2) is 8.83. The molecule has 1 atom stereocenters. The number of likely N-dealkylation sites (tertiary alicyclic amines) is 1. The molecule has 1 N–H and O–H groups in total. The van der Waals surface area contributed by atoms with Gasteiger partial charge in [0.2, 0.25) is 5.91 Å². The van der Waals surface area contributed by atoms with Crippen LogP contribution in [-0.2, 0) is 11.3 Å². The van der Waals surface area contributed by atoms with Gasteiger partial charge in [-0.3, -0.25) is 14.5 Å². The van der Waals surface area contributed by atoms with Gasteiger partial charge in [0.25, 0.3) is 5.91 Å². The predicted octanol–water partition coefficient (Wildman–Crippen LogP) is 4.07. The molecule has 2 amide bonds. The second-order valence-electron chi connectivity index (χ2n) is 9.48. The third kappa shape index (κ3) is 4.52. The van der Waals surface area contributed by atoms with Gasteiger partial charge in [-0.2, -0.15) is 0 Å². The molecule has 2 aromatic carbocycles. The smallest absolute Gasteiger partial charge is 0.255 e. The number of carbonyl (C=O) groups is 2. The summed E-state index contributed by atoms with van der Waals surface area (Å²) in [6.07, 6.45) is 3.71. The molecule has 0 bridgehead atoms. The van der Waals surface area contributed by atoms with Crippen molar-refractivity contribution in [3.63, 3.8) is 0 Å². The normalized spacial score (nSPS) is 18.0. The molecule has 0 aromatic heterocycles. The average Bonchev–Trinajstić information content (AvgIpc) is 3.11. The van der Waals surface area contributed by atoms with Crippen molar-refractivity contribution in [3.05, 3.63) is 70.8 Å². The van der Waals surface area contributed by atoms with Gasteiger partial charge in [0.15, 0.2) is 0 Å². The first-order valence-electron chi connectivity index (χ1n) is 11.3. The molecule has 0 aliphatic carbocycles. The molecular weight excluding hydrogens is 386 g/mol. The molecule has 0 saturated carbocycles. The van der Waals surface area contributed by atoms with Gasteiger partial charge in [0.05, 0.1) is 0 Å². The van der Waals surface area contributed by atoms with E-state index in [1.807, 2.05) is 55.5 Å². The number of nitrogens with zero attached hydrogens (tertiary/aromatic N) is 2. The summed E-state index contributed by atoms with van der Waals surface area (Å²) in [5, 5.41) is 3.18. The van der Waals surface area contributed by atoms with Gasteiger partial charge < -0.3 is 10.2 Å². The number of piperidine rings is 1. The predicted molar refractivity (Wildman–Crippen MR) is 123 cm³/mol. The molecule has 0 spiro atoms. The summed E-state index contributed by atoms with van der Waals surface area (Å²) in [6, 6.07) is 14.9. The van der Waals surface area contributed by atoms with Gasteiger partial charge in [0, 0.05) is 24.2 Å². The molecule has 4 rings (SSSR count). The molecule has 2 aliphatic heterocycles. The molecule has 0 radical (unpaired) electrons. The Morgan fingerprint density at radius 3 is 2.39 bits per heavy atom. The monoisotopic (exact) mass is 419 g/mol. The van der Waals surface area contributed by atoms with Crippen LogP contribution in [0.15, 0.2) is 48.5 Å². The molecule has 5 nitrogen and oxygen atoms in total. The number of amides is 2. The third-order valence-electron chi connectivity index (χ3n) is 6.71. The third-order valence-corrected chi connectivity index (χ3v) is 6.71. The maximum atomic E-state index is 13.5. The Labute approximate surface area is 185 Å². The maximum Gasteiger partial charge on any atom is 0.255 e. The van der Waals surface area contributed by atoms with Crippen molar-refractivity contribution in [2.75, 3.05) is 19.6 Å². The largest absolute Gasteiger partial charge is 0.352 e. The number of aryl methyl sites for hydroxylation is 1. The highest BCUT2D eigenvalue weighted by atomic mass is 16.2. The lowest BCUT2D eigenvalue weighted by atomic mass is 9.97. The van der Waals surface area contributed by atoms with Gasteiger partial charge in [-0.05, 0) is 63.9 Å². The highest BCUT2D eigenvalue weighted by molar-refractivity contribution is 6.01. The average molecular weight is 420 g/mol. The van der Waals surface area contributed by atoms with Crippen LogP contribution in [0.4, 0.5) is 0 Å². The Hall–Kier alpha value is -2.66. The van der Waals surface area contributed by atoms with E-state index in [-0.39, 0.29) is 17.4 Å². The Morgan fingerprint density at radius 1 is 1.03 bits per heavy atom. The SMILES string of the molecule is Cc1ccc(C(C(=O)NCC(C)(C)N2CCCCC2)N2Cc3ccccc3C2=O)cc1. The van der Waals surface area contributed by atoms with Crippen LogP contribution in [0.2, 0.25) is 0 Å². The first-order valence-corrected chi connectivity index (χ1v) is 11.3. The van der Waals surface area contributed by atoms with Crippen LogP contribution in [0, 0.1) is 6.92 Å². The minimum atomic E-state index is -0.641. The summed E-state index contributed by atoms with van der Waals surface area (Å²) in [4.78, 5) is 30.9. The van der Waals surface area contributed by atoms with Crippen LogP contribution in [0.25, 0.3) is 0 Å². The number of carbonyl (C=O) groups excluding carboxylic acids is 2. The number of nitrogens with one attached hydrogen (secondary N) is 1. The van der Waals surface area contributed by atoms with E-state index < -0.39 is 6.04 Å². The minimum absolute atomic E-state index is 0.0772. The van der Waals surface area contributed by atoms with E-state index in [4.69, 9.17) is 0 Å². The summed E-state index contributed by atoms with van der Waals surface area (Å²) in [5.41, 5.74) is 3.53. The summed E-state index contributed by atoms with van der Waals surface area (Å²) in [7, 11) is 0. The van der Waals surface area contributed by atoms with Crippen LogP contribution in [0.3, 0.4) is 0 Å². The zero-order chi connectivity index (χ0) is 22.0. The molecule has 1 unspecified atom stereocenters. The van der Waals surface area contributed by atoms with Gasteiger partial charge in [0.1, 0.15) is 6.04 Å². The number of rotatable bonds is 6. The van der Waals surface area contributed by atoms with Gasteiger partial charge >= 0.3 is 0 Å². The number of fused-ring (bicyclic) bond motifs is 1. The molecule has 1 fully saturated rings. The Kier molecular flexibility index (Phi) is 6.15. The summed E-state index contributed by atoms with van der Waals surface area (Å²) >= 11 is 0. The fraction of sp³-hybridized carbons (Fsp3) is 0.462. The van der Waals surface area contributed by atoms with Crippen LogP contribution in [-0.4, -0.2) is 46.8 Å². The van der Waals surface area contributed by atoms with Crippen molar-refractivity contribution in [1.29, 1.82) is 0 Å². The lowest BCUT2D eigenvalue weighted by molar-refractivity contribution is -0.126. The van der Waals surface area contributed by atoms with E-state index in [0.29, 0.717) is 18.7 Å². The Bertz CT molecular complexity index is 945. The summed E-state index contributed by atoms with van der Waals surface area (Å²) in [5.74, 6) is -0.193. The number of hydrogen-bond acceptors (Lipinski definition) is 3. The second-order valence-corrected chi connectivity index (χ2v) is 9.48. The Morgan fingerprint density at radius 2 is 1.71 bits per heavy atom. The molecule has 2 aromatic rings. The van der Waals surface area contributed by atoms with E-state index in [9.17, 15) is 9.59 Å². The highest BCUT2D eigenvalue weighted by Gasteiger charge is 2.38. The molecule has 1 saturated heterocycles. The van der Waals surface area contributed by atoms with Crippen molar-refractivity contribution in [1.82, 2.24) is 15.1 Å². The molecule has 164 valence electrons. The van der Waals surface area contributed by atoms with Crippen molar-refractivity contribution in [3.8, 4) is 0 Å². The van der Waals surface area contributed by atoms with E-state index in [2.05, 4.69) is 24.1 Å². The van der Waals surface area contributed by atoms with Crippen molar-refractivity contribution >= 4 is 11.8 Å². The summed E-state index contributed by atoms with van der Waals surface area (Å²) in [6.45, 7) is 9.57.